The first-order valence-corrected chi connectivity index (χ1v) is 6.24. The number of hydrogen-bond donors (Lipinski definition) is 1. The molecule has 0 saturated heterocycles. The van der Waals surface area contributed by atoms with Gasteiger partial charge in [-0.05, 0) is 20.8 Å². The molecule has 0 aliphatic rings. The minimum absolute atomic E-state index is 0.0551. The van der Waals surface area contributed by atoms with Crippen LogP contribution >= 0.6 is 0 Å². The number of aliphatic hydroxyl groups is 1. The van der Waals surface area contributed by atoms with Gasteiger partial charge >= 0.3 is 0 Å². The topological polar surface area (TPSA) is 53.0 Å². The molecule has 0 aromatic heterocycles. The van der Waals surface area contributed by atoms with Gasteiger partial charge < -0.3 is 14.7 Å². The average Bonchev–Trinajstić information content (AvgIpc) is 2.35. The fourth-order valence-corrected chi connectivity index (χ4v) is 1.79. The molecule has 5 heteroatoms. The van der Waals surface area contributed by atoms with Gasteiger partial charge in [0.1, 0.15) is 0 Å². The van der Waals surface area contributed by atoms with Crippen LogP contribution in [0.5, 0.6) is 0 Å². The molecule has 5 nitrogen and oxygen atoms in total. The maximum absolute atomic E-state index is 12.1. The molecule has 1 amide bonds. The molecule has 0 aromatic rings. The third kappa shape index (κ3) is 5.48. The highest BCUT2D eigenvalue weighted by Gasteiger charge is 2.23. The summed E-state index contributed by atoms with van der Waals surface area (Å²) in [7, 11) is 1.63. The van der Waals surface area contributed by atoms with Gasteiger partial charge in [-0.25, -0.2) is 0 Å². The van der Waals surface area contributed by atoms with Crippen molar-refractivity contribution in [3.8, 4) is 0 Å². The SMILES string of the molecule is CCN(CC)C(=O)C(C)N(CCO)CCOC. The second-order valence-electron chi connectivity index (χ2n) is 3.94. The van der Waals surface area contributed by atoms with E-state index in [1.54, 1.807) is 7.11 Å². The summed E-state index contributed by atoms with van der Waals surface area (Å²) >= 11 is 0. The van der Waals surface area contributed by atoms with E-state index in [9.17, 15) is 4.79 Å². The van der Waals surface area contributed by atoms with Gasteiger partial charge in [-0.2, -0.15) is 0 Å². The van der Waals surface area contributed by atoms with Crippen molar-refractivity contribution in [2.45, 2.75) is 26.8 Å². The van der Waals surface area contributed by atoms with Crippen LogP contribution in [0.3, 0.4) is 0 Å². The molecule has 0 aliphatic carbocycles. The molecule has 1 atom stereocenters. The number of amides is 1. The number of carbonyl (C=O) groups is 1. The molecular formula is C12H26N2O3. The Kier molecular flexibility index (Phi) is 9.03. The van der Waals surface area contributed by atoms with E-state index in [2.05, 4.69) is 0 Å². The van der Waals surface area contributed by atoms with Crippen LogP contribution in [-0.2, 0) is 9.53 Å². The van der Waals surface area contributed by atoms with Crippen LogP contribution in [0.15, 0.2) is 0 Å². The number of likely N-dealkylation sites (N-methyl/N-ethyl adjacent to an activating group) is 1. The fourth-order valence-electron chi connectivity index (χ4n) is 1.79. The summed E-state index contributed by atoms with van der Waals surface area (Å²) in [6.45, 7) is 9.04. The maximum atomic E-state index is 12.1. The Morgan fingerprint density at radius 3 is 2.29 bits per heavy atom. The van der Waals surface area contributed by atoms with Gasteiger partial charge in [0, 0.05) is 33.3 Å². The van der Waals surface area contributed by atoms with Crippen LogP contribution in [-0.4, -0.2) is 73.4 Å². The molecule has 0 aliphatic heterocycles. The Labute approximate surface area is 104 Å². The van der Waals surface area contributed by atoms with Gasteiger partial charge in [0.15, 0.2) is 0 Å². The molecule has 1 unspecified atom stereocenters. The number of ether oxygens (including phenoxy) is 1. The van der Waals surface area contributed by atoms with Crippen LogP contribution in [0.1, 0.15) is 20.8 Å². The lowest BCUT2D eigenvalue weighted by Crippen LogP contribution is -2.48. The lowest BCUT2D eigenvalue weighted by molar-refractivity contribution is -0.136. The minimum atomic E-state index is -0.211. The number of rotatable bonds is 9. The van der Waals surface area contributed by atoms with Crippen molar-refractivity contribution in [1.82, 2.24) is 9.80 Å². The van der Waals surface area contributed by atoms with Crippen LogP contribution < -0.4 is 0 Å². The summed E-state index contributed by atoms with van der Waals surface area (Å²) in [6.07, 6.45) is 0. The first-order chi connectivity index (χ1) is 8.12. The lowest BCUT2D eigenvalue weighted by atomic mass is 10.2. The highest BCUT2D eigenvalue weighted by Crippen LogP contribution is 2.04. The predicted molar refractivity (Wildman–Crippen MR) is 67.9 cm³/mol. The highest BCUT2D eigenvalue weighted by atomic mass is 16.5. The number of hydrogen-bond acceptors (Lipinski definition) is 4. The molecule has 102 valence electrons. The maximum Gasteiger partial charge on any atom is 0.239 e. The van der Waals surface area contributed by atoms with Crippen LogP contribution in [0.4, 0.5) is 0 Å². The van der Waals surface area contributed by atoms with E-state index in [0.717, 1.165) is 13.1 Å². The normalized spacial score (nSPS) is 12.8. The summed E-state index contributed by atoms with van der Waals surface area (Å²) in [6, 6.07) is -0.211. The van der Waals surface area contributed by atoms with Crippen molar-refractivity contribution in [3.05, 3.63) is 0 Å². The molecule has 0 heterocycles. The Morgan fingerprint density at radius 2 is 1.88 bits per heavy atom. The van der Waals surface area contributed by atoms with E-state index in [0.29, 0.717) is 19.7 Å². The minimum Gasteiger partial charge on any atom is -0.395 e. The molecule has 0 spiro atoms. The van der Waals surface area contributed by atoms with Gasteiger partial charge in [0.2, 0.25) is 5.91 Å². The van der Waals surface area contributed by atoms with Gasteiger partial charge in [-0.15, -0.1) is 0 Å². The Balaban J connectivity index is 4.46. The van der Waals surface area contributed by atoms with Crippen molar-refractivity contribution in [2.75, 3.05) is 46.5 Å². The third-order valence-electron chi connectivity index (χ3n) is 2.95. The standard InChI is InChI=1S/C12H26N2O3/c1-5-13(6-2)12(16)11(3)14(7-9-15)8-10-17-4/h11,15H,5-10H2,1-4H3. The molecule has 0 saturated carbocycles. The van der Waals surface area contributed by atoms with Gasteiger partial charge in [0.25, 0.3) is 0 Å². The van der Waals surface area contributed by atoms with Crippen molar-refractivity contribution in [3.63, 3.8) is 0 Å². The smallest absolute Gasteiger partial charge is 0.239 e. The van der Waals surface area contributed by atoms with E-state index >= 15 is 0 Å². The first kappa shape index (κ1) is 16.4. The Morgan fingerprint density at radius 1 is 1.29 bits per heavy atom. The number of carbonyl (C=O) groups excluding carboxylic acids is 1. The molecule has 17 heavy (non-hydrogen) atoms. The zero-order chi connectivity index (χ0) is 13.3. The number of nitrogens with zero attached hydrogens (tertiary/aromatic N) is 2. The Bertz CT molecular complexity index is 208. The van der Waals surface area contributed by atoms with Crippen molar-refractivity contribution >= 4 is 5.91 Å². The molecule has 1 N–H and O–H groups in total. The fraction of sp³-hybridized carbons (Fsp3) is 0.917. The third-order valence-corrected chi connectivity index (χ3v) is 2.95. The van der Waals surface area contributed by atoms with E-state index in [-0.39, 0.29) is 18.6 Å². The second-order valence-corrected chi connectivity index (χ2v) is 3.94. The molecule has 0 rings (SSSR count). The summed E-state index contributed by atoms with van der Waals surface area (Å²) in [4.78, 5) is 15.9. The quantitative estimate of drug-likeness (QED) is 0.631. The van der Waals surface area contributed by atoms with Crippen molar-refractivity contribution in [2.24, 2.45) is 0 Å². The second kappa shape index (κ2) is 9.39. The average molecular weight is 246 g/mol. The summed E-state index contributed by atoms with van der Waals surface area (Å²) < 4.78 is 5.01. The number of aliphatic hydroxyl groups excluding tert-OH is 1. The van der Waals surface area contributed by atoms with E-state index < -0.39 is 0 Å². The van der Waals surface area contributed by atoms with E-state index in [4.69, 9.17) is 9.84 Å². The van der Waals surface area contributed by atoms with Gasteiger partial charge in [-0.3, -0.25) is 9.69 Å². The molecule has 0 aromatic carbocycles. The van der Waals surface area contributed by atoms with Crippen molar-refractivity contribution < 1.29 is 14.6 Å². The molecule has 0 radical (unpaired) electrons. The largest absolute Gasteiger partial charge is 0.395 e. The highest BCUT2D eigenvalue weighted by molar-refractivity contribution is 5.81. The Hall–Kier alpha value is -0.650. The monoisotopic (exact) mass is 246 g/mol. The van der Waals surface area contributed by atoms with Gasteiger partial charge in [0.05, 0.1) is 19.3 Å². The summed E-state index contributed by atoms with van der Waals surface area (Å²) in [5.74, 6) is 0.111. The number of methoxy groups -OCH3 is 1. The lowest BCUT2D eigenvalue weighted by Gasteiger charge is -2.31. The van der Waals surface area contributed by atoms with E-state index in [1.807, 2.05) is 30.6 Å². The first-order valence-electron chi connectivity index (χ1n) is 6.24. The summed E-state index contributed by atoms with van der Waals surface area (Å²) in [5.41, 5.74) is 0. The zero-order valence-electron chi connectivity index (χ0n) is 11.5. The van der Waals surface area contributed by atoms with Gasteiger partial charge in [-0.1, -0.05) is 0 Å². The summed E-state index contributed by atoms with van der Waals surface area (Å²) in [5, 5.41) is 9.01. The zero-order valence-corrected chi connectivity index (χ0v) is 11.5. The molecular weight excluding hydrogens is 220 g/mol. The van der Waals surface area contributed by atoms with Crippen LogP contribution in [0, 0.1) is 0 Å². The molecule has 0 fully saturated rings. The van der Waals surface area contributed by atoms with Crippen molar-refractivity contribution in [1.29, 1.82) is 0 Å². The predicted octanol–water partition coefficient (Wildman–Crippen LogP) is 0.184. The van der Waals surface area contributed by atoms with Crippen LogP contribution in [0.25, 0.3) is 0 Å². The van der Waals surface area contributed by atoms with Crippen LogP contribution in [0.2, 0.25) is 0 Å². The van der Waals surface area contributed by atoms with E-state index in [1.165, 1.54) is 0 Å². The molecule has 0 bridgehead atoms.